The summed E-state index contributed by atoms with van der Waals surface area (Å²) in [6, 6.07) is 11.3. The summed E-state index contributed by atoms with van der Waals surface area (Å²) in [5, 5.41) is 13.8. The average molecular weight is 454 g/mol. The van der Waals surface area contributed by atoms with Crippen molar-refractivity contribution in [3.63, 3.8) is 0 Å². The van der Waals surface area contributed by atoms with E-state index in [1.165, 1.54) is 16.0 Å². The predicted octanol–water partition coefficient (Wildman–Crippen LogP) is 3.04. The molecule has 6 nitrogen and oxygen atoms in total. The van der Waals surface area contributed by atoms with Crippen LogP contribution in [0.15, 0.2) is 41.5 Å². The molecule has 2 aliphatic rings. The molecular formula is C25H31N3O3S. The fraction of sp³-hybridized carbons (Fsp3) is 0.520. The van der Waals surface area contributed by atoms with Crippen LogP contribution in [0, 0.1) is 0 Å². The second-order valence-corrected chi connectivity index (χ2v) is 10.2. The van der Waals surface area contributed by atoms with Crippen molar-refractivity contribution in [1.82, 2.24) is 14.9 Å². The number of rotatable bonds is 7. The van der Waals surface area contributed by atoms with E-state index in [1.54, 1.807) is 22.2 Å². The molecule has 1 fully saturated rings. The molecule has 1 unspecified atom stereocenters. The van der Waals surface area contributed by atoms with E-state index in [2.05, 4.69) is 40.6 Å². The molecule has 0 spiro atoms. The van der Waals surface area contributed by atoms with Gasteiger partial charge < -0.3 is 15.2 Å². The van der Waals surface area contributed by atoms with E-state index in [9.17, 15) is 4.79 Å². The van der Waals surface area contributed by atoms with Gasteiger partial charge in [-0.1, -0.05) is 30.3 Å². The lowest BCUT2D eigenvalue weighted by Gasteiger charge is -2.39. The van der Waals surface area contributed by atoms with Gasteiger partial charge in [0.15, 0.2) is 0 Å². The number of aryl methyl sites for hydroxylation is 2. The summed E-state index contributed by atoms with van der Waals surface area (Å²) in [6.45, 7) is 3.18. The third-order valence-corrected chi connectivity index (χ3v) is 8.32. The van der Waals surface area contributed by atoms with E-state index in [0.717, 1.165) is 62.1 Å². The normalized spacial score (nSPS) is 20.3. The Hall–Kier alpha value is -2.06. The number of fused-ring (bicyclic) bond motifs is 3. The first-order valence-corrected chi connectivity index (χ1v) is 12.5. The number of aromatic nitrogens is 2. The summed E-state index contributed by atoms with van der Waals surface area (Å²) in [5.41, 5.74) is 2.77. The van der Waals surface area contributed by atoms with Crippen LogP contribution < -0.4 is 10.9 Å². The molecule has 7 heteroatoms. The number of hydrogen-bond acceptors (Lipinski definition) is 6. The Morgan fingerprint density at radius 3 is 2.84 bits per heavy atom. The maximum atomic E-state index is 13.0. The van der Waals surface area contributed by atoms with E-state index in [0.29, 0.717) is 19.0 Å². The standard InChI is InChI=1S/C25H31N3O3S/c29-12-4-11-28-17-27-23-22(24(28)30)20-8-7-19(15-21(20)32-23)26-16-25(9-13-31-14-10-25)18-5-2-1-3-6-18/h1-3,5-6,17,19,26,29H,4,7-16H2. The van der Waals surface area contributed by atoms with Crippen molar-refractivity contribution in [3.8, 4) is 0 Å². The molecular weight excluding hydrogens is 422 g/mol. The number of aliphatic hydroxyl groups excluding tert-OH is 1. The Bertz CT molecular complexity index is 1120. The molecule has 0 bridgehead atoms. The van der Waals surface area contributed by atoms with Gasteiger partial charge in [0.25, 0.3) is 5.56 Å². The van der Waals surface area contributed by atoms with Crippen molar-refractivity contribution in [1.29, 1.82) is 0 Å². The maximum Gasteiger partial charge on any atom is 0.262 e. The first kappa shape index (κ1) is 21.8. The number of nitrogens with one attached hydrogen (secondary N) is 1. The molecule has 0 saturated carbocycles. The van der Waals surface area contributed by atoms with E-state index in [1.807, 2.05) is 0 Å². The molecule has 1 atom stereocenters. The van der Waals surface area contributed by atoms with Gasteiger partial charge >= 0.3 is 0 Å². The number of ether oxygens (including phenoxy) is 1. The second-order valence-electron chi connectivity index (χ2n) is 9.08. The summed E-state index contributed by atoms with van der Waals surface area (Å²) in [4.78, 5) is 19.7. The molecule has 1 saturated heterocycles. The zero-order chi connectivity index (χ0) is 22.0. The van der Waals surface area contributed by atoms with Crippen LogP contribution in [-0.2, 0) is 29.5 Å². The minimum atomic E-state index is 0.0394. The smallest absolute Gasteiger partial charge is 0.262 e. The van der Waals surface area contributed by atoms with Crippen LogP contribution in [0.2, 0.25) is 0 Å². The fourth-order valence-electron chi connectivity index (χ4n) is 5.24. The van der Waals surface area contributed by atoms with Crippen LogP contribution in [0.1, 0.15) is 41.7 Å². The number of aliphatic hydroxyl groups is 1. The Morgan fingerprint density at radius 1 is 1.25 bits per heavy atom. The van der Waals surface area contributed by atoms with Gasteiger partial charge in [-0.25, -0.2) is 4.98 Å². The molecule has 1 aromatic carbocycles. The van der Waals surface area contributed by atoms with Gasteiger partial charge in [0.2, 0.25) is 0 Å². The van der Waals surface area contributed by atoms with E-state index in [4.69, 9.17) is 9.84 Å². The fourth-order valence-corrected chi connectivity index (χ4v) is 6.49. The molecule has 32 heavy (non-hydrogen) atoms. The lowest BCUT2D eigenvalue weighted by Crippen LogP contribution is -2.47. The van der Waals surface area contributed by atoms with Crippen molar-refractivity contribution in [3.05, 3.63) is 63.0 Å². The molecule has 2 aromatic heterocycles. The van der Waals surface area contributed by atoms with Crippen LogP contribution in [0.5, 0.6) is 0 Å². The predicted molar refractivity (Wildman–Crippen MR) is 128 cm³/mol. The van der Waals surface area contributed by atoms with E-state index >= 15 is 0 Å². The van der Waals surface area contributed by atoms with Crippen LogP contribution in [-0.4, -0.2) is 47.1 Å². The van der Waals surface area contributed by atoms with Crippen molar-refractivity contribution in [2.75, 3.05) is 26.4 Å². The highest BCUT2D eigenvalue weighted by atomic mass is 32.1. The molecule has 0 radical (unpaired) electrons. The van der Waals surface area contributed by atoms with E-state index < -0.39 is 0 Å². The Morgan fingerprint density at radius 2 is 2.06 bits per heavy atom. The average Bonchev–Trinajstić information content (AvgIpc) is 3.22. The minimum absolute atomic E-state index is 0.0394. The molecule has 1 aliphatic heterocycles. The summed E-state index contributed by atoms with van der Waals surface area (Å²) in [7, 11) is 0. The van der Waals surface area contributed by atoms with Gasteiger partial charge in [0, 0.05) is 49.2 Å². The van der Waals surface area contributed by atoms with Crippen LogP contribution >= 0.6 is 11.3 Å². The topological polar surface area (TPSA) is 76.4 Å². The largest absolute Gasteiger partial charge is 0.396 e. The van der Waals surface area contributed by atoms with Gasteiger partial charge in [-0.15, -0.1) is 11.3 Å². The van der Waals surface area contributed by atoms with E-state index in [-0.39, 0.29) is 17.6 Å². The molecule has 0 amide bonds. The van der Waals surface area contributed by atoms with Gasteiger partial charge in [0.1, 0.15) is 4.83 Å². The minimum Gasteiger partial charge on any atom is -0.396 e. The highest BCUT2D eigenvalue weighted by Crippen LogP contribution is 2.36. The van der Waals surface area contributed by atoms with Gasteiger partial charge in [-0.3, -0.25) is 9.36 Å². The van der Waals surface area contributed by atoms with Crippen molar-refractivity contribution >= 4 is 21.6 Å². The first-order chi connectivity index (χ1) is 15.7. The molecule has 5 rings (SSSR count). The van der Waals surface area contributed by atoms with Gasteiger partial charge in [-0.2, -0.15) is 0 Å². The number of thiophene rings is 1. The van der Waals surface area contributed by atoms with Crippen molar-refractivity contribution < 1.29 is 9.84 Å². The Labute approximate surface area is 192 Å². The quantitative estimate of drug-likeness (QED) is 0.575. The number of nitrogens with zero attached hydrogens (tertiary/aromatic N) is 2. The SMILES string of the molecule is O=c1c2c3c(sc2ncn1CCCO)CC(NCC1(c2ccccc2)CCOCC1)CC3. The third kappa shape index (κ3) is 4.15. The van der Waals surface area contributed by atoms with Crippen LogP contribution in [0.3, 0.4) is 0 Å². The first-order valence-electron chi connectivity index (χ1n) is 11.7. The lowest BCUT2D eigenvalue weighted by atomic mass is 9.74. The Balaban J connectivity index is 1.34. The second kappa shape index (κ2) is 9.43. The number of hydrogen-bond donors (Lipinski definition) is 2. The highest BCUT2D eigenvalue weighted by molar-refractivity contribution is 7.18. The highest BCUT2D eigenvalue weighted by Gasteiger charge is 2.35. The summed E-state index contributed by atoms with van der Waals surface area (Å²) >= 11 is 1.67. The van der Waals surface area contributed by atoms with Crippen molar-refractivity contribution in [2.45, 2.75) is 56.5 Å². The third-order valence-electron chi connectivity index (χ3n) is 7.16. The van der Waals surface area contributed by atoms with Gasteiger partial charge in [-0.05, 0) is 49.7 Å². The number of benzene rings is 1. The summed E-state index contributed by atoms with van der Waals surface area (Å²) in [5.74, 6) is 0. The maximum absolute atomic E-state index is 13.0. The van der Waals surface area contributed by atoms with Gasteiger partial charge in [0.05, 0.1) is 11.7 Å². The molecule has 1 aliphatic carbocycles. The Kier molecular flexibility index (Phi) is 6.42. The zero-order valence-corrected chi connectivity index (χ0v) is 19.2. The molecule has 3 heterocycles. The molecule has 170 valence electrons. The van der Waals surface area contributed by atoms with Crippen molar-refractivity contribution in [2.24, 2.45) is 0 Å². The molecule has 2 N–H and O–H groups in total. The summed E-state index contributed by atoms with van der Waals surface area (Å²) < 4.78 is 7.33. The molecule has 3 aromatic rings. The lowest BCUT2D eigenvalue weighted by molar-refractivity contribution is 0.0487. The van der Waals surface area contributed by atoms with Crippen LogP contribution in [0.4, 0.5) is 0 Å². The van der Waals surface area contributed by atoms with Crippen LogP contribution in [0.25, 0.3) is 10.2 Å². The summed E-state index contributed by atoms with van der Waals surface area (Å²) in [6.07, 6.45) is 7.19. The zero-order valence-electron chi connectivity index (χ0n) is 18.4. The monoisotopic (exact) mass is 453 g/mol.